The van der Waals surface area contributed by atoms with Gasteiger partial charge in [0, 0.05) is 24.9 Å². The molecule has 4 N–H and O–H groups in total. The van der Waals surface area contributed by atoms with Gasteiger partial charge in [-0.2, -0.15) is 0 Å². The van der Waals surface area contributed by atoms with E-state index in [2.05, 4.69) is 10.6 Å². The Hall–Kier alpha value is -1.72. The van der Waals surface area contributed by atoms with Crippen LogP contribution in [0.1, 0.15) is 36.8 Å². The number of nitrogens with one attached hydrogen (secondary N) is 2. The van der Waals surface area contributed by atoms with Crippen molar-refractivity contribution in [3.63, 3.8) is 0 Å². The third-order valence-corrected chi connectivity index (χ3v) is 5.12. The predicted molar refractivity (Wildman–Crippen MR) is 105 cm³/mol. The van der Waals surface area contributed by atoms with Crippen molar-refractivity contribution in [2.24, 2.45) is 0 Å². The molecule has 4 atom stereocenters. The van der Waals surface area contributed by atoms with E-state index in [1.165, 1.54) is 0 Å². The SMILES string of the molecule is O[C@H](Cc1ccccc1)N[C@@H]1CCCC[C@H]1N[C@H](O)Cc1ccccc1. The van der Waals surface area contributed by atoms with Crippen LogP contribution in [-0.2, 0) is 12.8 Å². The highest BCUT2D eigenvalue weighted by Gasteiger charge is 2.28. The standard InChI is InChI=1S/C22H30N2O2/c25-21(15-17-9-3-1-4-10-17)23-19-13-7-8-14-20(19)24-22(26)16-18-11-5-2-6-12-18/h1-6,9-12,19-26H,7-8,13-16H2/t19-,20-,21-,22-/m1/s1. The van der Waals surface area contributed by atoms with E-state index in [1.807, 2.05) is 60.7 Å². The molecule has 0 amide bonds. The number of hydrogen-bond donors (Lipinski definition) is 4. The zero-order valence-electron chi connectivity index (χ0n) is 15.2. The molecule has 0 heterocycles. The second kappa shape index (κ2) is 9.83. The van der Waals surface area contributed by atoms with Crippen molar-refractivity contribution >= 4 is 0 Å². The number of aliphatic hydroxyl groups excluding tert-OH is 2. The van der Waals surface area contributed by atoms with E-state index in [9.17, 15) is 10.2 Å². The van der Waals surface area contributed by atoms with Crippen LogP contribution >= 0.6 is 0 Å². The van der Waals surface area contributed by atoms with Crippen LogP contribution in [0, 0.1) is 0 Å². The van der Waals surface area contributed by atoms with Gasteiger partial charge >= 0.3 is 0 Å². The highest BCUT2D eigenvalue weighted by molar-refractivity contribution is 5.16. The highest BCUT2D eigenvalue weighted by atomic mass is 16.3. The van der Waals surface area contributed by atoms with Crippen molar-refractivity contribution in [3.8, 4) is 0 Å². The molecule has 0 unspecified atom stereocenters. The van der Waals surface area contributed by atoms with Crippen molar-refractivity contribution in [1.29, 1.82) is 0 Å². The van der Waals surface area contributed by atoms with Gasteiger partial charge in [-0.25, -0.2) is 0 Å². The first-order chi connectivity index (χ1) is 12.7. The summed E-state index contributed by atoms with van der Waals surface area (Å²) in [5.41, 5.74) is 2.24. The van der Waals surface area contributed by atoms with Gasteiger partial charge in [-0.05, 0) is 24.0 Å². The molecule has 4 nitrogen and oxygen atoms in total. The van der Waals surface area contributed by atoms with Gasteiger partial charge in [0.1, 0.15) is 12.5 Å². The monoisotopic (exact) mass is 354 g/mol. The third-order valence-electron chi connectivity index (χ3n) is 5.12. The second-order valence-corrected chi connectivity index (χ2v) is 7.24. The van der Waals surface area contributed by atoms with Gasteiger partial charge < -0.3 is 10.2 Å². The van der Waals surface area contributed by atoms with E-state index >= 15 is 0 Å². The topological polar surface area (TPSA) is 64.5 Å². The zero-order valence-corrected chi connectivity index (χ0v) is 15.2. The first-order valence-electron chi connectivity index (χ1n) is 9.67. The average Bonchev–Trinajstić information content (AvgIpc) is 2.65. The minimum Gasteiger partial charge on any atom is -0.378 e. The van der Waals surface area contributed by atoms with Crippen LogP contribution in [0.5, 0.6) is 0 Å². The van der Waals surface area contributed by atoms with Crippen molar-refractivity contribution in [2.45, 2.75) is 63.1 Å². The van der Waals surface area contributed by atoms with Gasteiger partial charge in [0.15, 0.2) is 0 Å². The minimum atomic E-state index is -0.573. The van der Waals surface area contributed by atoms with Gasteiger partial charge in [0.25, 0.3) is 0 Å². The Kier molecular flexibility index (Phi) is 7.21. The predicted octanol–water partition coefficient (Wildman–Crippen LogP) is 2.60. The smallest absolute Gasteiger partial charge is 0.109 e. The first-order valence-corrected chi connectivity index (χ1v) is 9.67. The molecule has 2 aromatic carbocycles. The van der Waals surface area contributed by atoms with Crippen LogP contribution in [-0.4, -0.2) is 34.8 Å². The molecule has 0 saturated heterocycles. The lowest BCUT2D eigenvalue weighted by molar-refractivity contribution is 0.0726. The van der Waals surface area contributed by atoms with Crippen LogP contribution in [0.15, 0.2) is 60.7 Å². The molecule has 3 rings (SSSR count). The minimum absolute atomic E-state index is 0.174. The Morgan fingerprint density at radius 1 is 0.692 bits per heavy atom. The molecule has 0 aromatic heterocycles. The molecule has 2 aromatic rings. The van der Waals surface area contributed by atoms with Gasteiger partial charge in [-0.3, -0.25) is 10.6 Å². The summed E-state index contributed by atoms with van der Waals surface area (Å²) in [5.74, 6) is 0. The summed E-state index contributed by atoms with van der Waals surface area (Å²) in [6, 6.07) is 20.4. The summed E-state index contributed by atoms with van der Waals surface area (Å²) in [6.45, 7) is 0. The molecule has 1 aliphatic rings. The summed E-state index contributed by atoms with van der Waals surface area (Å²) in [7, 11) is 0. The van der Waals surface area contributed by atoms with Crippen LogP contribution in [0.2, 0.25) is 0 Å². The summed E-state index contributed by atoms with van der Waals surface area (Å²) in [4.78, 5) is 0. The summed E-state index contributed by atoms with van der Waals surface area (Å²) in [6.07, 6.45) is 4.38. The molecule has 1 saturated carbocycles. The molecule has 0 bridgehead atoms. The van der Waals surface area contributed by atoms with Gasteiger partial charge in [0.05, 0.1) is 0 Å². The normalized spacial score (nSPS) is 22.7. The van der Waals surface area contributed by atoms with E-state index in [1.54, 1.807) is 0 Å². The number of aliphatic hydroxyl groups is 2. The summed E-state index contributed by atoms with van der Waals surface area (Å²) in [5, 5.41) is 27.6. The molecule has 1 fully saturated rings. The van der Waals surface area contributed by atoms with Crippen LogP contribution < -0.4 is 10.6 Å². The molecule has 0 aliphatic heterocycles. The van der Waals surface area contributed by atoms with Crippen LogP contribution in [0.4, 0.5) is 0 Å². The maximum Gasteiger partial charge on any atom is 0.109 e. The number of benzene rings is 2. The first kappa shape index (κ1) is 19.1. The van der Waals surface area contributed by atoms with E-state index < -0.39 is 12.5 Å². The summed E-state index contributed by atoms with van der Waals surface area (Å²) >= 11 is 0. The molecular formula is C22H30N2O2. The van der Waals surface area contributed by atoms with Crippen molar-refractivity contribution < 1.29 is 10.2 Å². The molecule has 4 heteroatoms. The molecular weight excluding hydrogens is 324 g/mol. The second-order valence-electron chi connectivity index (χ2n) is 7.24. The lowest BCUT2D eigenvalue weighted by Crippen LogP contribution is -2.55. The van der Waals surface area contributed by atoms with Crippen molar-refractivity contribution in [3.05, 3.63) is 71.8 Å². The van der Waals surface area contributed by atoms with Gasteiger partial charge in [-0.15, -0.1) is 0 Å². The van der Waals surface area contributed by atoms with Gasteiger partial charge in [0.2, 0.25) is 0 Å². The molecule has 0 spiro atoms. The molecule has 1 aliphatic carbocycles. The quantitative estimate of drug-likeness (QED) is 0.550. The Morgan fingerprint density at radius 2 is 1.08 bits per heavy atom. The Balaban J connectivity index is 1.52. The third kappa shape index (κ3) is 5.92. The Bertz CT molecular complexity index is 578. The van der Waals surface area contributed by atoms with Crippen molar-refractivity contribution in [1.82, 2.24) is 10.6 Å². The Labute approximate surface area is 156 Å². The fourth-order valence-electron chi connectivity index (χ4n) is 3.82. The van der Waals surface area contributed by atoms with E-state index in [0.29, 0.717) is 12.8 Å². The fourth-order valence-corrected chi connectivity index (χ4v) is 3.82. The lowest BCUT2D eigenvalue weighted by atomic mass is 9.89. The lowest BCUT2D eigenvalue weighted by Gasteiger charge is -2.36. The zero-order chi connectivity index (χ0) is 18.2. The highest BCUT2D eigenvalue weighted by Crippen LogP contribution is 2.20. The number of rotatable bonds is 8. The number of hydrogen-bond acceptors (Lipinski definition) is 4. The Morgan fingerprint density at radius 3 is 1.46 bits per heavy atom. The van der Waals surface area contributed by atoms with Crippen LogP contribution in [0.25, 0.3) is 0 Å². The fraction of sp³-hybridized carbons (Fsp3) is 0.455. The van der Waals surface area contributed by atoms with E-state index in [0.717, 1.165) is 36.8 Å². The maximum atomic E-state index is 10.4. The van der Waals surface area contributed by atoms with Gasteiger partial charge in [-0.1, -0.05) is 73.5 Å². The molecule has 26 heavy (non-hydrogen) atoms. The van der Waals surface area contributed by atoms with Crippen LogP contribution in [0.3, 0.4) is 0 Å². The average molecular weight is 354 g/mol. The van der Waals surface area contributed by atoms with Crippen molar-refractivity contribution in [2.75, 3.05) is 0 Å². The molecule has 140 valence electrons. The largest absolute Gasteiger partial charge is 0.378 e. The maximum absolute atomic E-state index is 10.4. The summed E-state index contributed by atoms with van der Waals surface area (Å²) < 4.78 is 0. The van der Waals surface area contributed by atoms with E-state index in [-0.39, 0.29) is 12.1 Å². The van der Waals surface area contributed by atoms with E-state index in [4.69, 9.17) is 0 Å². The molecule has 0 radical (unpaired) electrons.